The molecule has 10 nitrogen and oxygen atoms in total. The normalized spacial score (nSPS) is 15.8. The maximum Gasteiger partial charge on any atom is 0.373 e. The lowest BCUT2D eigenvalue weighted by Gasteiger charge is -2.16. The monoisotopic (exact) mass is 464 g/mol. The number of imidazole rings is 1. The van der Waals surface area contributed by atoms with E-state index in [0.717, 1.165) is 18.4 Å². The van der Waals surface area contributed by atoms with Crippen LogP contribution in [0.3, 0.4) is 0 Å². The van der Waals surface area contributed by atoms with Gasteiger partial charge in [-0.2, -0.15) is 0 Å². The lowest BCUT2D eigenvalue weighted by atomic mass is 10.2. The van der Waals surface area contributed by atoms with Crippen molar-refractivity contribution in [2.75, 3.05) is 13.7 Å². The summed E-state index contributed by atoms with van der Waals surface area (Å²) in [5.74, 6) is -0.0815. The number of carbonyl (C=O) groups excluding carboxylic acids is 1. The van der Waals surface area contributed by atoms with Gasteiger partial charge in [0.1, 0.15) is 5.76 Å². The van der Waals surface area contributed by atoms with Crippen LogP contribution in [0.25, 0.3) is 16.9 Å². The van der Waals surface area contributed by atoms with Gasteiger partial charge in [-0.1, -0.05) is 18.2 Å². The number of fused-ring (bicyclic) bond motifs is 1. The number of rotatable bonds is 6. The zero-order chi connectivity index (χ0) is 23.8. The molecule has 0 amide bonds. The lowest BCUT2D eigenvalue weighted by Crippen LogP contribution is -2.42. The average molecular weight is 464 g/mol. The Morgan fingerprint density at radius 2 is 2.03 bits per heavy atom. The Morgan fingerprint density at radius 1 is 1.21 bits per heavy atom. The molecule has 5 rings (SSSR count). The van der Waals surface area contributed by atoms with Gasteiger partial charge in [0.25, 0.3) is 5.56 Å². The largest absolute Gasteiger partial charge is 0.463 e. The van der Waals surface area contributed by atoms with Gasteiger partial charge in [-0.15, -0.1) is 0 Å². The summed E-state index contributed by atoms with van der Waals surface area (Å²) in [6.07, 6.45) is 2.98. The minimum absolute atomic E-state index is 0.0644. The molecule has 0 saturated carbocycles. The first-order chi connectivity index (χ1) is 16.5. The van der Waals surface area contributed by atoms with Gasteiger partial charge in [0, 0.05) is 6.61 Å². The molecule has 34 heavy (non-hydrogen) atoms. The van der Waals surface area contributed by atoms with Gasteiger partial charge in [0.2, 0.25) is 5.76 Å². The summed E-state index contributed by atoms with van der Waals surface area (Å²) >= 11 is 0. The van der Waals surface area contributed by atoms with E-state index in [0.29, 0.717) is 18.1 Å². The third-order valence-electron chi connectivity index (χ3n) is 6.04. The fourth-order valence-corrected chi connectivity index (χ4v) is 4.33. The molecular weight excluding hydrogens is 440 g/mol. The van der Waals surface area contributed by atoms with E-state index in [-0.39, 0.29) is 36.1 Å². The lowest BCUT2D eigenvalue weighted by molar-refractivity contribution is 0.0563. The predicted octanol–water partition coefficient (Wildman–Crippen LogP) is 2.26. The van der Waals surface area contributed by atoms with Crippen LogP contribution >= 0.6 is 0 Å². The fourth-order valence-electron chi connectivity index (χ4n) is 4.33. The van der Waals surface area contributed by atoms with Crippen LogP contribution in [0.2, 0.25) is 0 Å². The van der Waals surface area contributed by atoms with E-state index in [1.165, 1.54) is 28.6 Å². The number of furan rings is 1. The van der Waals surface area contributed by atoms with Gasteiger partial charge in [0.05, 0.1) is 38.3 Å². The second-order valence-corrected chi connectivity index (χ2v) is 8.26. The van der Waals surface area contributed by atoms with Crippen LogP contribution in [0.15, 0.2) is 56.7 Å². The number of para-hydroxylation sites is 1. The van der Waals surface area contributed by atoms with Crippen molar-refractivity contribution in [3.8, 4) is 5.69 Å². The van der Waals surface area contributed by atoms with Crippen LogP contribution in [-0.2, 0) is 22.6 Å². The molecule has 1 atom stereocenters. The summed E-state index contributed by atoms with van der Waals surface area (Å²) in [7, 11) is 1.27. The van der Waals surface area contributed by atoms with Gasteiger partial charge in [-0.25, -0.2) is 19.1 Å². The zero-order valence-electron chi connectivity index (χ0n) is 18.9. The summed E-state index contributed by atoms with van der Waals surface area (Å²) in [5, 5.41) is 0. The highest BCUT2D eigenvalue weighted by atomic mass is 16.5. The van der Waals surface area contributed by atoms with E-state index in [9.17, 15) is 14.4 Å². The van der Waals surface area contributed by atoms with Crippen molar-refractivity contribution in [3.05, 3.63) is 80.6 Å². The number of nitrogens with zero attached hydrogens (tertiary/aromatic N) is 4. The van der Waals surface area contributed by atoms with Crippen molar-refractivity contribution in [2.24, 2.45) is 0 Å². The molecule has 1 fully saturated rings. The van der Waals surface area contributed by atoms with Crippen LogP contribution in [0.4, 0.5) is 0 Å². The average Bonchev–Trinajstić information content (AvgIpc) is 3.59. The number of carbonyl (C=O) groups is 1. The first-order valence-corrected chi connectivity index (χ1v) is 11.0. The molecule has 0 bridgehead atoms. The molecule has 4 aromatic rings. The van der Waals surface area contributed by atoms with E-state index in [4.69, 9.17) is 9.15 Å². The third kappa shape index (κ3) is 3.75. The number of hydrogen-bond acceptors (Lipinski definition) is 7. The van der Waals surface area contributed by atoms with Gasteiger partial charge >= 0.3 is 11.7 Å². The number of aromatic nitrogens is 4. The highest BCUT2D eigenvalue weighted by Crippen LogP contribution is 2.19. The number of hydrogen-bond donors (Lipinski definition) is 0. The maximum absolute atomic E-state index is 13.6. The molecule has 0 unspecified atom stereocenters. The molecule has 0 radical (unpaired) electrons. The van der Waals surface area contributed by atoms with Crippen LogP contribution in [0.1, 0.15) is 34.7 Å². The molecule has 3 aromatic heterocycles. The van der Waals surface area contributed by atoms with Crippen molar-refractivity contribution in [2.45, 2.75) is 39.0 Å². The van der Waals surface area contributed by atoms with Gasteiger partial charge in [0.15, 0.2) is 11.2 Å². The molecule has 4 heterocycles. The van der Waals surface area contributed by atoms with Gasteiger partial charge in [-0.05, 0) is 43.5 Å². The Hall–Kier alpha value is -3.92. The van der Waals surface area contributed by atoms with E-state index >= 15 is 0 Å². The molecule has 1 aliphatic rings. The second-order valence-electron chi connectivity index (χ2n) is 8.26. The second kappa shape index (κ2) is 8.79. The summed E-state index contributed by atoms with van der Waals surface area (Å²) in [4.78, 5) is 43.3. The Bertz CT molecular complexity index is 1490. The molecule has 0 spiro atoms. The Balaban J connectivity index is 1.68. The van der Waals surface area contributed by atoms with Crippen LogP contribution in [0, 0.1) is 6.92 Å². The molecule has 0 N–H and O–H groups in total. The smallest absolute Gasteiger partial charge is 0.373 e. The summed E-state index contributed by atoms with van der Waals surface area (Å²) in [5.41, 5.74) is 1.13. The van der Waals surface area contributed by atoms with Crippen LogP contribution in [0.5, 0.6) is 0 Å². The van der Waals surface area contributed by atoms with Crippen molar-refractivity contribution < 1.29 is 18.7 Å². The Kier molecular flexibility index (Phi) is 5.66. The zero-order valence-corrected chi connectivity index (χ0v) is 18.9. The van der Waals surface area contributed by atoms with E-state index in [1.54, 1.807) is 10.6 Å². The maximum atomic E-state index is 13.6. The van der Waals surface area contributed by atoms with Crippen molar-refractivity contribution in [1.82, 2.24) is 18.7 Å². The molecule has 1 aromatic carbocycles. The quantitative estimate of drug-likeness (QED) is 0.403. The van der Waals surface area contributed by atoms with Gasteiger partial charge < -0.3 is 18.5 Å². The van der Waals surface area contributed by atoms with Crippen LogP contribution in [-0.4, -0.2) is 44.5 Å². The molecule has 10 heteroatoms. The van der Waals surface area contributed by atoms with Gasteiger partial charge in [-0.3, -0.25) is 9.36 Å². The van der Waals surface area contributed by atoms with Crippen molar-refractivity contribution >= 4 is 17.1 Å². The van der Waals surface area contributed by atoms with Crippen LogP contribution < -0.4 is 11.2 Å². The Morgan fingerprint density at radius 3 is 2.76 bits per heavy atom. The number of methoxy groups -OCH3 is 1. The highest BCUT2D eigenvalue weighted by Gasteiger charge is 2.24. The first kappa shape index (κ1) is 21.9. The number of benzene rings is 1. The Labute approximate surface area is 194 Å². The molecule has 1 aliphatic heterocycles. The van der Waals surface area contributed by atoms with E-state index in [1.807, 2.05) is 31.2 Å². The number of esters is 1. The minimum Gasteiger partial charge on any atom is -0.463 e. The van der Waals surface area contributed by atoms with Crippen molar-refractivity contribution in [1.29, 1.82) is 0 Å². The molecule has 0 aliphatic carbocycles. The third-order valence-corrected chi connectivity index (χ3v) is 6.04. The SMILES string of the molecule is COC(=O)c1ccc(Cn2cnc3c2c(=O)n(C[C@@H]2CCCO2)c(=O)n3-c2ccccc2C)o1. The summed E-state index contributed by atoms with van der Waals surface area (Å²) in [6.45, 7) is 2.83. The molecule has 1 saturated heterocycles. The highest BCUT2D eigenvalue weighted by molar-refractivity contribution is 5.86. The topological polar surface area (TPSA) is 110 Å². The predicted molar refractivity (Wildman–Crippen MR) is 122 cm³/mol. The first-order valence-electron chi connectivity index (χ1n) is 11.0. The van der Waals surface area contributed by atoms with E-state index in [2.05, 4.69) is 9.72 Å². The fraction of sp³-hybridized carbons (Fsp3) is 0.333. The number of aryl methyl sites for hydroxylation is 1. The standard InChI is InChI=1S/C24H24N4O6/c1-15-6-3-4-8-18(15)28-21-20(22(29)27(24(28)31)13-16-7-5-11-33-16)26(14-25-21)12-17-9-10-19(34-17)23(30)32-2/h3-4,6,8-10,14,16H,5,7,11-13H2,1-2H3/t16-/m0/s1. The summed E-state index contributed by atoms with van der Waals surface area (Å²) in [6, 6.07) is 10.6. The molecule has 176 valence electrons. The van der Waals surface area contributed by atoms with Crippen molar-refractivity contribution in [3.63, 3.8) is 0 Å². The minimum atomic E-state index is -0.589. The number of ether oxygens (including phenoxy) is 2. The van der Waals surface area contributed by atoms with E-state index < -0.39 is 17.2 Å². The molecular formula is C24H24N4O6. The summed E-state index contributed by atoms with van der Waals surface area (Å²) < 4.78 is 20.3.